The van der Waals surface area contributed by atoms with Gasteiger partial charge in [0.1, 0.15) is 17.6 Å². The Morgan fingerprint density at radius 2 is 1.78 bits per heavy atom. The number of urea groups is 1. The number of fused-ring (bicyclic) bond motifs is 5. The summed E-state index contributed by atoms with van der Waals surface area (Å²) >= 11 is 0. The number of methoxy groups -OCH3 is 1. The first-order chi connectivity index (χ1) is 22.0. The topological polar surface area (TPSA) is 147 Å². The van der Waals surface area contributed by atoms with E-state index in [0.29, 0.717) is 53.5 Å². The van der Waals surface area contributed by atoms with Gasteiger partial charge in [-0.25, -0.2) is 18.2 Å². The molecule has 2 aliphatic rings. The van der Waals surface area contributed by atoms with E-state index in [9.17, 15) is 18.0 Å². The van der Waals surface area contributed by atoms with E-state index in [-0.39, 0.29) is 29.3 Å². The molecule has 3 aromatic carbocycles. The Labute approximate surface area is 268 Å². The molecule has 4 N–H and O–H groups in total. The van der Waals surface area contributed by atoms with Crippen LogP contribution in [0.15, 0.2) is 71.8 Å². The number of likely N-dealkylation sites (N-methyl/N-ethyl adjacent to an activating group) is 2. The van der Waals surface area contributed by atoms with Crippen molar-refractivity contribution >= 4 is 49.7 Å². The van der Waals surface area contributed by atoms with Gasteiger partial charge in [-0.1, -0.05) is 13.0 Å². The van der Waals surface area contributed by atoms with Crippen LogP contribution in [-0.4, -0.2) is 68.1 Å². The van der Waals surface area contributed by atoms with Crippen molar-refractivity contribution in [2.75, 3.05) is 44.1 Å². The molecule has 3 amide bonds. The first kappa shape index (κ1) is 31.2. The maximum Gasteiger partial charge on any atom is 0.321 e. The predicted molar refractivity (Wildman–Crippen MR) is 179 cm³/mol. The maximum atomic E-state index is 14.4. The molecular weight excluding hydrogens is 604 g/mol. The van der Waals surface area contributed by atoms with Gasteiger partial charge in [0.15, 0.2) is 9.84 Å². The minimum atomic E-state index is -3.59. The van der Waals surface area contributed by atoms with Crippen molar-refractivity contribution in [3.8, 4) is 5.75 Å². The molecule has 1 aliphatic carbocycles. The number of nitrogen functional groups attached to an aromatic ring is 1. The molecule has 12 heteroatoms. The van der Waals surface area contributed by atoms with Gasteiger partial charge >= 0.3 is 6.03 Å². The van der Waals surface area contributed by atoms with E-state index in [4.69, 9.17) is 10.5 Å². The van der Waals surface area contributed by atoms with Crippen molar-refractivity contribution in [3.63, 3.8) is 0 Å². The second-order valence-electron chi connectivity index (χ2n) is 12.2. The number of hydrogen-bond acceptors (Lipinski definition) is 8. The highest BCUT2D eigenvalue weighted by Gasteiger charge is 2.38. The van der Waals surface area contributed by atoms with Gasteiger partial charge in [-0.3, -0.25) is 4.79 Å². The number of carbonyl (C=O) groups excluding carboxylic acids is 2. The van der Waals surface area contributed by atoms with E-state index < -0.39 is 21.1 Å². The van der Waals surface area contributed by atoms with Gasteiger partial charge in [0.05, 0.1) is 17.3 Å². The van der Waals surface area contributed by atoms with Gasteiger partial charge in [0.2, 0.25) is 5.91 Å². The number of aromatic nitrogens is 1. The van der Waals surface area contributed by atoms with Gasteiger partial charge in [-0.2, -0.15) is 0 Å². The van der Waals surface area contributed by atoms with Gasteiger partial charge in [-0.15, -0.1) is 0 Å². The van der Waals surface area contributed by atoms with Crippen molar-refractivity contribution in [2.24, 2.45) is 0 Å². The number of ether oxygens (including phenoxy) is 1. The second-order valence-corrected chi connectivity index (χ2v) is 14.4. The summed E-state index contributed by atoms with van der Waals surface area (Å²) in [5.74, 6) is 0.639. The van der Waals surface area contributed by atoms with Crippen LogP contribution in [0.2, 0.25) is 0 Å². The van der Waals surface area contributed by atoms with Gasteiger partial charge in [0, 0.05) is 56.1 Å². The minimum Gasteiger partial charge on any atom is -0.496 e. The third kappa shape index (κ3) is 6.04. The van der Waals surface area contributed by atoms with Crippen LogP contribution >= 0.6 is 0 Å². The van der Waals surface area contributed by atoms with Crippen molar-refractivity contribution < 1.29 is 22.7 Å². The van der Waals surface area contributed by atoms with Crippen LogP contribution in [0.4, 0.5) is 22.0 Å². The fourth-order valence-corrected chi connectivity index (χ4v) is 7.91. The summed E-state index contributed by atoms with van der Waals surface area (Å²) in [7, 11) is 1.36. The normalized spacial score (nSPS) is 19.3. The van der Waals surface area contributed by atoms with E-state index in [1.54, 1.807) is 44.4 Å². The molecule has 1 unspecified atom stereocenters. The summed E-state index contributed by atoms with van der Waals surface area (Å²) in [4.78, 5) is 35.1. The highest BCUT2D eigenvalue weighted by molar-refractivity contribution is 7.92. The number of carbonyl (C=O) groups is 2. The standard InChI is InChI=1S/C34H38N6O5S/c1-20-18-40(3)34(42)38-25-7-12-30(46(43,44)26-8-9-26)23(16-25)19-39(2)33(41)31(22-5-11-29(45-4)28(20)17-22)37-24-6-10-27-21(15-24)13-14-36-32(27)35/h5-7,10-17,20,26,31,37H,8-9,18-19H2,1-4H3,(H2,35,36)(H,38,42)/t20-,31?/m1/s1. The Bertz CT molecular complexity index is 1940. The molecule has 4 aromatic rings. The van der Waals surface area contributed by atoms with Crippen molar-refractivity contribution in [2.45, 2.75) is 48.4 Å². The van der Waals surface area contributed by atoms with E-state index in [0.717, 1.165) is 16.3 Å². The van der Waals surface area contributed by atoms with Crippen molar-refractivity contribution in [3.05, 3.63) is 83.6 Å². The minimum absolute atomic E-state index is 0.0111. The Balaban J connectivity index is 1.47. The number of rotatable bonds is 5. The monoisotopic (exact) mass is 642 g/mol. The van der Waals surface area contributed by atoms with E-state index in [1.165, 1.54) is 11.0 Å². The third-order valence-corrected chi connectivity index (χ3v) is 11.1. The molecule has 4 bridgehead atoms. The van der Waals surface area contributed by atoms with Crippen LogP contribution in [0.1, 0.15) is 48.4 Å². The first-order valence-corrected chi connectivity index (χ1v) is 16.7. The summed E-state index contributed by atoms with van der Waals surface area (Å²) < 4.78 is 32.6. The molecule has 0 saturated heterocycles. The average Bonchev–Trinajstić information content (AvgIpc) is 3.89. The molecule has 0 radical (unpaired) electrons. The molecule has 1 aromatic heterocycles. The number of anilines is 3. The van der Waals surface area contributed by atoms with Crippen LogP contribution in [-0.2, 0) is 21.2 Å². The van der Waals surface area contributed by atoms with Crippen molar-refractivity contribution in [1.82, 2.24) is 14.8 Å². The molecule has 240 valence electrons. The van der Waals surface area contributed by atoms with Crippen LogP contribution in [0.3, 0.4) is 0 Å². The first-order valence-electron chi connectivity index (χ1n) is 15.2. The van der Waals surface area contributed by atoms with Crippen LogP contribution in [0.25, 0.3) is 10.8 Å². The molecule has 1 fully saturated rings. The van der Waals surface area contributed by atoms with Crippen LogP contribution in [0, 0.1) is 0 Å². The molecule has 2 atom stereocenters. The number of amides is 3. The number of sulfone groups is 1. The summed E-state index contributed by atoms with van der Waals surface area (Å²) in [6.45, 7) is 2.37. The largest absolute Gasteiger partial charge is 0.496 e. The zero-order valence-corrected chi connectivity index (χ0v) is 27.1. The number of nitrogens with zero attached hydrogens (tertiary/aromatic N) is 3. The lowest BCUT2D eigenvalue weighted by molar-refractivity contribution is -0.131. The molecule has 0 spiro atoms. The molecule has 2 heterocycles. The quantitative estimate of drug-likeness (QED) is 0.271. The Kier molecular flexibility index (Phi) is 8.24. The summed E-state index contributed by atoms with van der Waals surface area (Å²) in [5.41, 5.74) is 9.19. The number of pyridine rings is 1. The van der Waals surface area contributed by atoms with Gasteiger partial charge in [-0.05, 0) is 89.5 Å². The highest BCUT2D eigenvalue weighted by atomic mass is 32.2. The number of nitrogens with one attached hydrogen (secondary N) is 2. The second kappa shape index (κ2) is 12.2. The smallest absolute Gasteiger partial charge is 0.321 e. The highest BCUT2D eigenvalue weighted by Crippen LogP contribution is 2.37. The third-order valence-electron chi connectivity index (χ3n) is 8.73. The van der Waals surface area contributed by atoms with E-state index >= 15 is 0 Å². The number of hydrogen-bond donors (Lipinski definition) is 3. The molecule has 46 heavy (non-hydrogen) atoms. The fraction of sp³-hybridized carbons (Fsp3) is 0.324. The van der Waals surface area contributed by atoms with Crippen LogP contribution in [0.5, 0.6) is 5.75 Å². The van der Waals surface area contributed by atoms with Crippen LogP contribution < -0.4 is 21.1 Å². The molecule has 11 nitrogen and oxygen atoms in total. The zero-order chi connectivity index (χ0) is 32.7. The Hall–Kier alpha value is -4.84. The Morgan fingerprint density at radius 3 is 2.52 bits per heavy atom. The summed E-state index contributed by atoms with van der Waals surface area (Å²) in [6.07, 6.45) is 2.86. The molecule has 1 saturated carbocycles. The average molecular weight is 643 g/mol. The Morgan fingerprint density at radius 1 is 1.00 bits per heavy atom. The summed E-state index contributed by atoms with van der Waals surface area (Å²) in [6, 6.07) is 16.7. The zero-order valence-electron chi connectivity index (χ0n) is 26.3. The lowest BCUT2D eigenvalue weighted by Gasteiger charge is -2.28. The molecule has 1 aliphatic heterocycles. The SMILES string of the molecule is COc1ccc2cc1[C@H](C)CN(C)C(=O)Nc1ccc(S(=O)(=O)C3CC3)c(c1)CN(C)C(=O)C2Nc1ccc2c(N)nccc2c1. The fourth-order valence-electron chi connectivity index (χ4n) is 6.04. The van der Waals surface area contributed by atoms with Gasteiger partial charge < -0.3 is 30.9 Å². The molecular formula is C34H38N6O5S. The number of benzene rings is 3. The van der Waals surface area contributed by atoms with Crippen molar-refractivity contribution in [1.29, 1.82) is 0 Å². The lowest BCUT2D eigenvalue weighted by atomic mass is 9.94. The van der Waals surface area contributed by atoms with E-state index in [2.05, 4.69) is 15.6 Å². The molecule has 6 rings (SSSR count). The van der Waals surface area contributed by atoms with Gasteiger partial charge in [0.25, 0.3) is 0 Å². The maximum absolute atomic E-state index is 14.4. The lowest BCUT2D eigenvalue weighted by Crippen LogP contribution is -2.35. The van der Waals surface area contributed by atoms with E-state index in [1.807, 2.05) is 49.4 Å². The summed E-state index contributed by atoms with van der Waals surface area (Å²) in [5, 5.41) is 7.57. The predicted octanol–water partition coefficient (Wildman–Crippen LogP) is 5.15. The number of nitrogens with two attached hydrogens (primary N) is 1.